The summed E-state index contributed by atoms with van der Waals surface area (Å²) in [4.78, 5) is 24.9. The van der Waals surface area contributed by atoms with Crippen molar-refractivity contribution in [2.45, 2.75) is 245 Å². The lowest BCUT2D eigenvalue weighted by molar-refractivity contribution is -0.163. The lowest BCUT2D eigenvalue weighted by atomic mass is 10.0. The highest BCUT2D eigenvalue weighted by Gasteiger charge is 2.17. The fourth-order valence-corrected chi connectivity index (χ4v) is 6.39. The molecule has 0 aromatic rings. The predicted octanol–water partition coefficient (Wildman–Crippen LogP) is 13.8. The molecule has 1 unspecified atom stereocenters. The second-order valence-electron chi connectivity index (χ2n) is 14.6. The average Bonchev–Trinajstić information content (AvgIpc) is 3.08. The van der Waals surface area contributed by atoms with Gasteiger partial charge in [0.2, 0.25) is 0 Å². The van der Waals surface area contributed by atoms with Crippen LogP contribution in [0.2, 0.25) is 0 Å². The van der Waals surface area contributed by atoms with Gasteiger partial charge in [-0.15, -0.1) is 0 Å². The Morgan fingerprint density at radius 2 is 0.688 bits per heavy atom. The third kappa shape index (κ3) is 37.7. The Morgan fingerprint density at radius 1 is 0.375 bits per heavy atom. The van der Waals surface area contributed by atoms with E-state index in [0.29, 0.717) is 26.1 Å². The number of rotatable bonds is 40. The molecule has 0 bridgehead atoms. The second-order valence-corrected chi connectivity index (χ2v) is 14.6. The van der Waals surface area contributed by atoms with Crippen molar-refractivity contribution in [1.29, 1.82) is 0 Å². The van der Waals surface area contributed by atoms with Crippen molar-refractivity contribution in [3.8, 4) is 0 Å². The van der Waals surface area contributed by atoms with Crippen LogP contribution in [0.4, 0.5) is 0 Å². The first kappa shape index (κ1) is 46.9. The van der Waals surface area contributed by atoms with E-state index in [-0.39, 0.29) is 18.5 Å². The van der Waals surface area contributed by atoms with Gasteiger partial charge in [0.1, 0.15) is 6.61 Å². The summed E-state index contributed by atoms with van der Waals surface area (Å²) in [5.41, 5.74) is 0. The molecule has 0 radical (unpaired) electrons. The maximum Gasteiger partial charge on any atom is 0.306 e. The molecule has 0 N–H and O–H groups in total. The lowest BCUT2D eigenvalue weighted by Crippen LogP contribution is -2.30. The number of carbonyl (C=O) groups is 2. The van der Waals surface area contributed by atoms with Crippen molar-refractivity contribution in [3.63, 3.8) is 0 Å². The minimum atomic E-state index is -0.517. The molecule has 48 heavy (non-hydrogen) atoms. The molecule has 0 spiro atoms. The molecule has 0 aromatic carbocycles. The Kier molecular flexibility index (Phi) is 39.4. The Bertz CT molecular complexity index is 651. The highest BCUT2D eigenvalue weighted by Crippen LogP contribution is 2.15. The quantitative estimate of drug-likeness (QED) is 0.0476. The van der Waals surface area contributed by atoms with Crippen LogP contribution in [0.15, 0.2) is 0 Å². The van der Waals surface area contributed by atoms with Crippen LogP contribution >= 0.6 is 0 Å². The van der Waals surface area contributed by atoms with Gasteiger partial charge in [-0.3, -0.25) is 9.59 Å². The Hall–Kier alpha value is -1.10. The SMILES string of the molecule is CCCCCCCCCCCCCCCCCCCCCC(=O)OCC(COCCCCCCCCCC)OC(=O)CCCCCCC. The molecule has 0 aromatic heterocycles. The van der Waals surface area contributed by atoms with E-state index in [9.17, 15) is 9.59 Å². The summed E-state index contributed by atoms with van der Waals surface area (Å²) in [7, 11) is 0. The zero-order valence-corrected chi connectivity index (χ0v) is 32.8. The maximum absolute atomic E-state index is 12.5. The summed E-state index contributed by atoms with van der Waals surface area (Å²) >= 11 is 0. The molecule has 5 heteroatoms. The summed E-state index contributed by atoms with van der Waals surface area (Å²) in [6, 6.07) is 0. The van der Waals surface area contributed by atoms with E-state index in [1.165, 1.54) is 167 Å². The number of esters is 2. The molecule has 0 saturated heterocycles. The van der Waals surface area contributed by atoms with Gasteiger partial charge in [-0.05, 0) is 19.3 Å². The highest BCUT2D eigenvalue weighted by atomic mass is 16.6. The molecule has 0 aliphatic carbocycles. The van der Waals surface area contributed by atoms with Gasteiger partial charge >= 0.3 is 11.9 Å². The van der Waals surface area contributed by atoms with E-state index in [1.807, 2.05) is 0 Å². The first-order valence-corrected chi connectivity index (χ1v) is 21.6. The van der Waals surface area contributed by atoms with E-state index in [4.69, 9.17) is 14.2 Å². The topological polar surface area (TPSA) is 61.8 Å². The first-order valence-electron chi connectivity index (χ1n) is 21.6. The van der Waals surface area contributed by atoms with Gasteiger partial charge in [-0.1, -0.05) is 207 Å². The molecule has 0 saturated carbocycles. The highest BCUT2D eigenvalue weighted by molar-refractivity contribution is 5.70. The number of ether oxygens (including phenoxy) is 3. The molecule has 1 atom stereocenters. The number of hydrogen-bond acceptors (Lipinski definition) is 5. The van der Waals surface area contributed by atoms with Crippen molar-refractivity contribution in [3.05, 3.63) is 0 Å². The third-order valence-electron chi connectivity index (χ3n) is 9.64. The van der Waals surface area contributed by atoms with Crippen LogP contribution in [0.25, 0.3) is 0 Å². The fraction of sp³-hybridized carbons (Fsp3) is 0.953. The Morgan fingerprint density at radius 3 is 1.06 bits per heavy atom. The van der Waals surface area contributed by atoms with Crippen molar-refractivity contribution < 1.29 is 23.8 Å². The van der Waals surface area contributed by atoms with Gasteiger partial charge in [-0.2, -0.15) is 0 Å². The van der Waals surface area contributed by atoms with E-state index in [0.717, 1.165) is 38.5 Å². The summed E-state index contributed by atoms with van der Waals surface area (Å²) in [5.74, 6) is -0.396. The minimum Gasteiger partial charge on any atom is -0.462 e. The summed E-state index contributed by atoms with van der Waals surface area (Å²) in [6.07, 6.45) is 41.3. The van der Waals surface area contributed by atoms with Crippen LogP contribution in [0, 0.1) is 0 Å². The van der Waals surface area contributed by atoms with Crippen LogP contribution in [0.3, 0.4) is 0 Å². The maximum atomic E-state index is 12.5. The number of hydrogen-bond donors (Lipinski definition) is 0. The van der Waals surface area contributed by atoms with Crippen molar-refractivity contribution in [2.24, 2.45) is 0 Å². The number of unbranched alkanes of at least 4 members (excludes halogenated alkanes) is 29. The van der Waals surface area contributed by atoms with E-state index >= 15 is 0 Å². The zero-order chi connectivity index (χ0) is 35.0. The standard InChI is InChI=1S/C43H84O5/c1-4-7-10-13-15-17-18-19-20-21-22-23-24-25-26-27-28-31-33-36-42(44)47-40-41(48-43(45)37-34-30-12-9-6-3)39-46-38-35-32-29-16-14-11-8-5-2/h41H,4-40H2,1-3H3. The lowest BCUT2D eigenvalue weighted by Gasteiger charge is -2.18. The van der Waals surface area contributed by atoms with Gasteiger partial charge in [0.25, 0.3) is 0 Å². The molecule has 0 fully saturated rings. The van der Waals surface area contributed by atoms with Crippen LogP contribution in [0.1, 0.15) is 239 Å². The number of carbonyl (C=O) groups excluding carboxylic acids is 2. The molecule has 0 amide bonds. The van der Waals surface area contributed by atoms with E-state index < -0.39 is 6.10 Å². The molecular formula is C43H84O5. The van der Waals surface area contributed by atoms with Crippen LogP contribution in [0.5, 0.6) is 0 Å². The Labute approximate surface area is 300 Å². The molecule has 5 nitrogen and oxygen atoms in total. The fourth-order valence-electron chi connectivity index (χ4n) is 6.39. The zero-order valence-electron chi connectivity index (χ0n) is 32.8. The van der Waals surface area contributed by atoms with E-state index in [2.05, 4.69) is 20.8 Å². The minimum absolute atomic E-state index is 0.0942. The normalized spacial score (nSPS) is 12.0. The monoisotopic (exact) mass is 681 g/mol. The van der Waals surface area contributed by atoms with Gasteiger partial charge in [0.15, 0.2) is 6.10 Å². The van der Waals surface area contributed by atoms with Crippen LogP contribution in [-0.4, -0.2) is 37.9 Å². The smallest absolute Gasteiger partial charge is 0.306 e. The third-order valence-corrected chi connectivity index (χ3v) is 9.64. The predicted molar refractivity (Wildman–Crippen MR) is 206 cm³/mol. The summed E-state index contributed by atoms with van der Waals surface area (Å²) < 4.78 is 17.1. The second kappa shape index (κ2) is 40.3. The van der Waals surface area contributed by atoms with Gasteiger partial charge < -0.3 is 14.2 Å². The van der Waals surface area contributed by atoms with Crippen molar-refractivity contribution in [2.75, 3.05) is 19.8 Å². The Balaban J connectivity index is 3.90. The van der Waals surface area contributed by atoms with E-state index in [1.54, 1.807) is 0 Å². The van der Waals surface area contributed by atoms with Crippen LogP contribution in [-0.2, 0) is 23.8 Å². The molecule has 0 aliphatic rings. The first-order chi connectivity index (χ1) is 23.6. The molecule has 0 rings (SSSR count). The van der Waals surface area contributed by atoms with Crippen LogP contribution < -0.4 is 0 Å². The molecule has 0 aliphatic heterocycles. The largest absolute Gasteiger partial charge is 0.462 e. The summed E-state index contributed by atoms with van der Waals surface area (Å²) in [5, 5.41) is 0. The van der Waals surface area contributed by atoms with Gasteiger partial charge in [0.05, 0.1) is 6.61 Å². The van der Waals surface area contributed by atoms with Crippen molar-refractivity contribution >= 4 is 11.9 Å². The molecular weight excluding hydrogens is 596 g/mol. The molecule has 0 heterocycles. The van der Waals surface area contributed by atoms with Gasteiger partial charge in [-0.25, -0.2) is 0 Å². The summed E-state index contributed by atoms with van der Waals surface area (Å²) in [6.45, 7) is 7.78. The van der Waals surface area contributed by atoms with Gasteiger partial charge in [0, 0.05) is 19.4 Å². The average molecular weight is 681 g/mol. The van der Waals surface area contributed by atoms with Crippen molar-refractivity contribution in [1.82, 2.24) is 0 Å². The molecule has 286 valence electrons.